The van der Waals surface area contributed by atoms with Crippen molar-refractivity contribution in [3.63, 3.8) is 0 Å². The monoisotopic (exact) mass is 565 g/mol. The Morgan fingerprint density at radius 1 is 1.12 bits per heavy atom. The first-order valence-corrected chi connectivity index (χ1v) is 14.0. The molecule has 1 aromatic carbocycles. The predicted molar refractivity (Wildman–Crippen MR) is 153 cm³/mol. The molecule has 2 aliphatic rings. The van der Waals surface area contributed by atoms with E-state index in [-0.39, 0.29) is 18.4 Å². The Morgan fingerprint density at radius 2 is 1.85 bits per heavy atom. The van der Waals surface area contributed by atoms with Gasteiger partial charge in [-0.05, 0) is 57.2 Å². The van der Waals surface area contributed by atoms with Gasteiger partial charge in [-0.15, -0.1) is 0 Å². The van der Waals surface area contributed by atoms with Crippen LogP contribution in [0.3, 0.4) is 0 Å². The molecule has 2 aliphatic heterocycles. The van der Waals surface area contributed by atoms with Crippen molar-refractivity contribution in [1.29, 1.82) is 0 Å². The Bertz CT molecular complexity index is 1360. The minimum Gasteiger partial charge on any atom is -0.455 e. The fourth-order valence-electron chi connectivity index (χ4n) is 4.79. The molecule has 11 nitrogen and oxygen atoms in total. The van der Waals surface area contributed by atoms with Crippen molar-refractivity contribution in [2.45, 2.75) is 71.7 Å². The van der Waals surface area contributed by atoms with Crippen LogP contribution in [-0.4, -0.2) is 70.1 Å². The second-order valence-electron chi connectivity index (χ2n) is 11.6. The number of carbonyl (C=O) groups excluding carboxylic acids is 4. The van der Waals surface area contributed by atoms with E-state index >= 15 is 0 Å². The molecule has 1 fully saturated rings. The number of fused-ring (bicyclic) bond motifs is 4. The Hall–Kier alpha value is -3.83. The SMILES string of the molecule is CC(C)C1NC(=O)C(C)(C)/C=C/c2ccc3ccc(nc3c2)[C@@H](C)OC(=O)[C@@H]2CCCN(N2)C(=O)[C@H](CO)NC1=O. The second-order valence-corrected chi connectivity index (χ2v) is 11.6. The number of aromatic nitrogens is 1. The molecule has 11 heteroatoms. The molecule has 0 radical (unpaired) electrons. The van der Waals surface area contributed by atoms with Gasteiger partial charge < -0.3 is 20.5 Å². The van der Waals surface area contributed by atoms with Gasteiger partial charge in [-0.1, -0.05) is 44.2 Å². The molecule has 0 saturated carbocycles. The number of hydrazine groups is 1. The number of esters is 1. The third kappa shape index (κ3) is 6.91. The molecule has 0 spiro atoms. The van der Waals surface area contributed by atoms with Crippen molar-refractivity contribution in [1.82, 2.24) is 26.1 Å². The maximum Gasteiger partial charge on any atom is 0.325 e. The van der Waals surface area contributed by atoms with E-state index in [0.717, 1.165) is 10.9 Å². The molecular formula is C30H39N5O6. The summed E-state index contributed by atoms with van der Waals surface area (Å²) in [5.41, 5.74) is 4.03. The summed E-state index contributed by atoms with van der Waals surface area (Å²) in [7, 11) is 0. The van der Waals surface area contributed by atoms with Gasteiger partial charge in [0, 0.05) is 11.9 Å². The standard InChI is InChI=1S/C30H39N5O6/c1-17(2)25-26(37)32-24(16-36)27(38)35-14-6-7-22(34-35)28(39)41-18(3)21-11-10-20-9-8-19(15-23(20)31-21)12-13-30(4,5)29(40)33-25/h8-13,15,17-18,22,24-25,34,36H,6-7,14,16H2,1-5H3,(H,32,37)(H,33,40)/b13-12+/t18-,22+,24+,25?/m1/s1. The molecule has 5 bridgehead atoms. The molecule has 4 atom stereocenters. The summed E-state index contributed by atoms with van der Waals surface area (Å²) in [6.07, 6.45) is 3.90. The van der Waals surface area contributed by atoms with Crippen molar-refractivity contribution in [2.24, 2.45) is 11.3 Å². The lowest BCUT2D eigenvalue weighted by Gasteiger charge is -2.35. The molecular weight excluding hydrogens is 526 g/mol. The number of hydrogen-bond donors (Lipinski definition) is 4. The van der Waals surface area contributed by atoms with Crippen LogP contribution >= 0.6 is 0 Å². The molecule has 1 unspecified atom stereocenters. The van der Waals surface area contributed by atoms with E-state index in [4.69, 9.17) is 9.72 Å². The summed E-state index contributed by atoms with van der Waals surface area (Å²) in [6, 6.07) is 6.45. The lowest BCUT2D eigenvalue weighted by Crippen LogP contribution is -2.62. The topological polar surface area (TPSA) is 150 Å². The number of hydrogen-bond acceptors (Lipinski definition) is 8. The molecule has 41 heavy (non-hydrogen) atoms. The van der Waals surface area contributed by atoms with Crippen molar-refractivity contribution < 1.29 is 29.0 Å². The number of aliphatic hydroxyl groups excluding tert-OH is 1. The van der Waals surface area contributed by atoms with Crippen LogP contribution in [0.25, 0.3) is 17.0 Å². The van der Waals surface area contributed by atoms with E-state index in [9.17, 15) is 24.3 Å². The quantitative estimate of drug-likeness (QED) is 0.404. The van der Waals surface area contributed by atoms with Gasteiger partial charge in [0.2, 0.25) is 11.8 Å². The van der Waals surface area contributed by atoms with Crippen LogP contribution in [-0.2, 0) is 23.9 Å². The number of aliphatic hydroxyl groups is 1. The highest BCUT2D eigenvalue weighted by Gasteiger charge is 2.36. The number of cyclic esters (lactones) is 1. The third-order valence-corrected chi connectivity index (χ3v) is 7.49. The summed E-state index contributed by atoms with van der Waals surface area (Å²) in [5, 5.41) is 17.5. The van der Waals surface area contributed by atoms with Gasteiger partial charge in [-0.3, -0.25) is 24.2 Å². The van der Waals surface area contributed by atoms with Gasteiger partial charge in [0.25, 0.3) is 5.91 Å². The Kier molecular flexibility index (Phi) is 9.08. The summed E-state index contributed by atoms with van der Waals surface area (Å²) in [5.74, 6) is -2.39. The lowest BCUT2D eigenvalue weighted by molar-refractivity contribution is -0.157. The molecule has 2 aromatic rings. The van der Waals surface area contributed by atoms with E-state index in [1.54, 1.807) is 40.7 Å². The molecule has 3 amide bonds. The lowest BCUT2D eigenvalue weighted by atomic mass is 9.89. The first kappa shape index (κ1) is 30.1. The Morgan fingerprint density at radius 3 is 2.56 bits per heavy atom. The van der Waals surface area contributed by atoms with E-state index in [0.29, 0.717) is 24.1 Å². The fraction of sp³-hybridized carbons (Fsp3) is 0.500. The minimum absolute atomic E-state index is 0.282. The van der Waals surface area contributed by atoms with Crippen molar-refractivity contribution in [3.8, 4) is 0 Å². The number of pyridine rings is 1. The number of carbonyl (C=O) groups is 4. The molecule has 1 aromatic heterocycles. The van der Waals surface area contributed by atoms with Gasteiger partial charge in [0.1, 0.15) is 24.2 Å². The van der Waals surface area contributed by atoms with Crippen LogP contribution < -0.4 is 16.1 Å². The van der Waals surface area contributed by atoms with Gasteiger partial charge in [-0.2, -0.15) is 0 Å². The molecule has 4 rings (SSSR count). The predicted octanol–water partition coefficient (Wildman–Crippen LogP) is 2.01. The van der Waals surface area contributed by atoms with E-state index < -0.39 is 54.0 Å². The number of nitrogens with one attached hydrogen (secondary N) is 3. The highest BCUT2D eigenvalue weighted by Crippen LogP contribution is 2.24. The van der Waals surface area contributed by atoms with E-state index in [2.05, 4.69) is 16.1 Å². The average molecular weight is 566 g/mol. The summed E-state index contributed by atoms with van der Waals surface area (Å²) < 4.78 is 5.72. The Balaban J connectivity index is 1.72. The van der Waals surface area contributed by atoms with Gasteiger partial charge in [0.15, 0.2) is 0 Å². The maximum atomic E-state index is 13.3. The maximum absolute atomic E-state index is 13.3. The number of ether oxygens (including phenoxy) is 1. The van der Waals surface area contributed by atoms with Crippen molar-refractivity contribution >= 4 is 40.7 Å². The summed E-state index contributed by atoms with van der Waals surface area (Å²) in [4.78, 5) is 57.6. The van der Waals surface area contributed by atoms with E-state index in [1.165, 1.54) is 5.01 Å². The van der Waals surface area contributed by atoms with Crippen LogP contribution in [0, 0.1) is 11.3 Å². The van der Waals surface area contributed by atoms with Crippen molar-refractivity contribution in [2.75, 3.05) is 13.2 Å². The highest BCUT2D eigenvalue weighted by molar-refractivity contribution is 5.94. The minimum atomic E-state index is -1.27. The number of nitrogens with zero attached hydrogens (tertiary/aromatic N) is 2. The largest absolute Gasteiger partial charge is 0.455 e. The fourth-order valence-corrected chi connectivity index (χ4v) is 4.79. The van der Waals surface area contributed by atoms with Crippen molar-refractivity contribution in [3.05, 3.63) is 47.7 Å². The summed E-state index contributed by atoms with van der Waals surface area (Å²) in [6.45, 7) is 8.42. The number of rotatable bonds is 2. The third-order valence-electron chi connectivity index (χ3n) is 7.49. The second kappa shape index (κ2) is 12.4. The zero-order chi connectivity index (χ0) is 29.9. The van der Waals surface area contributed by atoms with Crippen LogP contribution in [0.1, 0.15) is 64.8 Å². The molecule has 220 valence electrons. The first-order chi connectivity index (χ1) is 19.4. The highest BCUT2D eigenvalue weighted by atomic mass is 16.5. The van der Waals surface area contributed by atoms with Crippen LogP contribution in [0.15, 0.2) is 36.4 Å². The smallest absolute Gasteiger partial charge is 0.325 e. The van der Waals surface area contributed by atoms with Crippen LogP contribution in [0.5, 0.6) is 0 Å². The van der Waals surface area contributed by atoms with Gasteiger partial charge in [0.05, 0.1) is 23.2 Å². The zero-order valence-electron chi connectivity index (χ0n) is 24.1. The molecule has 1 saturated heterocycles. The molecule has 3 heterocycles. The van der Waals surface area contributed by atoms with Crippen LogP contribution in [0.2, 0.25) is 0 Å². The zero-order valence-corrected chi connectivity index (χ0v) is 24.1. The van der Waals surface area contributed by atoms with E-state index in [1.807, 2.05) is 36.4 Å². The van der Waals surface area contributed by atoms with Crippen LogP contribution in [0.4, 0.5) is 0 Å². The molecule has 0 aliphatic carbocycles. The summed E-state index contributed by atoms with van der Waals surface area (Å²) >= 11 is 0. The Labute approximate surface area is 239 Å². The number of benzene rings is 1. The average Bonchev–Trinajstić information content (AvgIpc) is 2.95. The van der Waals surface area contributed by atoms with Gasteiger partial charge >= 0.3 is 5.97 Å². The van der Waals surface area contributed by atoms with Gasteiger partial charge in [-0.25, -0.2) is 10.4 Å². The first-order valence-electron chi connectivity index (χ1n) is 14.0. The number of amides is 3. The molecule has 4 N–H and O–H groups in total. The normalized spacial score (nSPS) is 26.9.